The van der Waals surface area contributed by atoms with E-state index in [0.29, 0.717) is 24.8 Å². The Balaban J connectivity index is 1.88. The van der Waals surface area contributed by atoms with E-state index < -0.39 is 13.0 Å². The third kappa shape index (κ3) is 7.46. The van der Waals surface area contributed by atoms with Gasteiger partial charge in [0, 0.05) is 31.4 Å². The molecule has 0 aliphatic heterocycles. The molecule has 0 aliphatic rings. The number of aliphatic imine (C=N–C) groups is 1. The molecule has 26 heavy (non-hydrogen) atoms. The molecule has 0 saturated carbocycles. The standard InChI is InChI=1S/C19H24F2N4O/c1-2-22-19(24-11-9-16-7-3-4-10-23-16)25-13-15-6-5-8-17(12-15)26-14-18(20)21/h3-8,10,12,18H,2,9,11,13-14H2,1H3,(H2,22,24,25). The van der Waals surface area contributed by atoms with Crippen LogP contribution in [0.4, 0.5) is 8.78 Å². The van der Waals surface area contributed by atoms with Gasteiger partial charge in [0.25, 0.3) is 6.43 Å². The number of guanidine groups is 1. The first-order valence-electron chi connectivity index (χ1n) is 8.59. The monoisotopic (exact) mass is 362 g/mol. The SMILES string of the molecule is CCNC(=NCc1cccc(OCC(F)F)c1)NCCc1ccccn1. The highest BCUT2D eigenvalue weighted by atomic mass is 19.3. The molecule has 1 aromatic heterocycles. The first-order valence-corrected chi connectivity index (χ1v) is 8.59. The number of alkyl halides is 2. The third-order valence-corrected chi connectivity index (χ3v) is 3.44. The van der Waals surface area contributed by atoms with Crippen LogP contribution >= 0.6 is 0 Å². The fourth-order valence-electron chi connectivity index (χ4n) is 2.26. The molecular formula is C19H24F2N4O. The first-order chi connectivity index (χ1) is 12.7. The first kappa shape index (κ1) is 19.6. The van der Waals surface area contributed by atoms with Crippen LogP contribution in [0.15, 0.2) is 53.7 Å². The molecule has 0 saturated heterocycles. The molecule has 2 aromatic rings. The Morgan fingerprint density at radius 1 is 1.19 bits per heavy atom. The molecule has 1 heterocycles. The fraction of sp³-hybridized carbons (Fsp3) is 0.368. The maximum absolute atomic E-state index is 12.2. The molecule has 7 heteroatoms. The molecule has 2 N–H and O–H groups in total. The van der Waals surface area contributed by atoms with Crippen LogP contribution in [0.1, 0.15) is 18.2 Å². The highest BCUT2D eigenvalue weighted by Gasteiger charge is 2.04. The van der Waals surface area contributed by atoms with Crippen LogP contribution in [0.3, 0.4) is 0 Å². The number of aromatic nitrogens is 1. The van der Waals surface area contributed by atoms with Gasteiger partial charge in [0.2, 0.25) is 0 Å². The van der Waals surface area contributed by atoms with Crippen molar-refractivity contribution in [1.29, 1.82) is 0 Å². The van der Waals surface area contributed by atoms with E-state index in [1.54, 1.807) is 24.4 Å². The van der Waals surface area contributed by atoms with E-state index >= 15 is 0 Å². The van der Waals surface area contributed by atoms with Crippen LogP contribution < -0.4 is 15.4 Å². The summed E-state index contributed by atoms with van der Waals surface area (Å²) in [7, 11) is 0. The highest BCUT2D eigenvalue weighted by molar-refractivity contribution is 5.79. The second kappa shape index (κ2) is 11.0. The van der Waals surface area contributed by atoms with Gasteiger partial charge in [-0.3, -0.25) is 4.98 Å². The van der Waals surface area contributed by atoms with Gasteiger partial charge in [0.05, 0.1) is 6.54 Å². The van der Waals surface area contributed by atoms with Gasteiger partial charge in [-0.2, -0.15) is 0 Å². The van der Waals surface area contributed by atoms with Gasteiger partial charge in [-0.1, -0.05) is 18.2 Å². The summed E-state index contributed by atoms with van der Waals surface area (Å²) in [6, 6.07) is 12.9. The summed E-state index contributed by atoms with van der Waals surface area (Å²) in [6.45, 7) is 3.26. The maximum Gasteiger partial charge on any atom is 0.272 e. The summed E-state index contributed by atoms with van der Waals surface area (Å²) < 4.78 is 29.5. The van der Waals surface area contributed by atoms with Gasteiger partial charge >= 0.3 is 0 Å². The van der Waals surface area contributed by atoms with Crippen molar-refractivity contribution >= 4 is 5.96 Å². The normalized spacial score (nSPS) is 11.5. The summed E-state index contributed by atoms with van der Waals surface area (Å²) in [6.07, 6.45) is 0.0836. The predicted molar refractivity (Wildman–Crippen MR) is 98.7 cm³/mol. The smallest absolute Gasteiger partial charge is 0.272 e. The van der Waals surface area contributed by atoms with Crippen molar-refractivity contribution < 1.29 is 13.5 Å². The Kier molecular flexibility index (Phi) is 8.32. The molecule has 0 amide bonds. The topological polar surface area (TPSA) is 58.5 Å². The molecule has 0 aliphatic carbocycles. The van der Waals surface area contributed by atoms with E-state index in [2.05, 4.69) is 20.6 Å². The van der Waals surface area contributed by atoms with Gasteiger partial charge in [0.15, 0.2) is 5.96 Å². The van der Waals surface area contributed by atoms with Crippen LogP contribution in [0.2, 0.25) is 0 Å². The largest absolute Gasteiger partial charge is 0.488 e. The minimum atomic E-state index is -2.49. The quantitative estimate of drug-likeness (QED) is 0.532. The Morgan fingerprint density at radius 3 is 2.81 bits per heavy atom. The summed E-state index contributed by atoms with van der Waals surface area (Å²) in [5.41, 5.74) is 1.90. The summed E-state index contributed by atoms with van der Waals surface area (Å²) in [5.74, 6) is 1.12. The Hall–Kier alpha value is -2.70. The lowest BCUT2D eigenvalue weighted by atomic mass is 10.2. The van der Waals surface area contributed by atoms with Gasteiger partial charge in [-0.15, -0.1) is 0 Å². The lowest BCUT2D eigenvalue weighted by Crippen LogP contribution is -2.38. The fourth-order valence-corrected chi connectivity index (χ4v) is 2.26. The molecule has 0 fully saturated rings. The van der Waals surface area contributed by atoms with Crippen molar-refractivity contribution in [2.75, 3.05) is 19.7 Å². The molecule has 0 radical (unpaired) electrons. The molecule has 2 rings (SSSR count). The second-order valence-electron chi connectivity index (χ2n) is 5.54. The van der Waals surface area contributed by atoms with E-state index in [4.69, 9.17) is 4.74 Å². The van der Waals surface area contributed by atoms with Crippen molar-refractivity contribution in [3.63, 3.8) is 0 Å². The minimum Gasteiger partial charge on any atom is -0.488 e. The Labute approximate surface area is 152 Å². The summed E-state index contributed by atoms with van der Waals surface area (Å²) >= 11 is 0. The van der Waals surface area contributed by atoms with Crippen molar-refractivity contribution in [2.24, 2.45) is 4.99 Å². The molecule has 5 nitrogen and oxygen atoms in total. The van der Waals surface area contributed by atoms with Crippen molar-refractivity contribution in [2.45, 2.75) is 26.3 Å². The lowest BCUT2D eigenvalue weighted by Gasteiger charge is -2.11. The second-order valence-corrected chi connectivity index (χ2v) is 5.54. The van der Waals surface area contributed by atoms with Gasteiger partial charge < -0.3 is 15.4 Å². The molecule has 0 unspecified atom stereocenters. The zero-order chi connectivity index (χ0) is 18.6. The van der Waals surface area contributed by atoms with E-state index in [0.717, 1.165) is 24.2 Å². The van der Waals surface area contributed by atoms with Crippen LogP contribution in [-0.2, 0) is 13.0 Å². The third-order valence-electron chi connectivity index (χ3n) is 3.44. The van der Waals surface area contributed by atoms with Crippen LogP contribution in [0.5, 0.6) is 5.75 Å². The van der Waals surface area contributed by atoms with E-state index in [9.17, 15) is 8.78 Å². The van der Waals surface area contributed by atoms with Crippen LogP contribution in [-0.4, -0.2) is 37.1 Å². The van der Waals surface area contributed by atoms with Crippen molar-refractivity contribution in [3.8, 4) is 5.75 Å². The number of nitrogens with zero attached hydrogens (tertiary/aromatic N) is 2. The number of pyridine rings is 1. The predicted octanol–water partition coefficient (Wildman–Crippen LogP) is 3.02. The number of benzene rings is 1. The number of ether oxygens (including phenoxy) is 1. The molecule has 140 valence electrons. The van der Waals surface area contributed by atoms with Crippen molar-refractivity contribution in [1.82, 2.24) is 15.6 Å². The molecule has 0 bridgehead atoms. The molecule has 0 spiro atoms. The molecule has 1 aromatic carbocycles. The summed E-state index contributed by atoms with van der Waals surface area (Å²) in [4.78, 5) is 8.81. The van der Waals surface area contributed by atoms with Crippen LogP contribution in [0.25, 0.3) is 0 Å². The Bertz CT molecular complexity index is 680. The average Bonchev–Trinajstić information content (AvgIpc) is 2.65. The zero-order valence-corrected chi connectivity index (χ0v) is 14.8. The maximum atomic E-state index is 12.2. The minimum absolute atomic E-state index is 0.421. The van der Waals surface area contributed by atoms with Gasteiger partial charge in [-0.05, 0) is 36.8 Å². The number of hydrogen-bond donors (Lipinski definition) is 2. The van der Waals surface area contributed by atoms with Crippen LogP contribution in [0, 0.1) is 0 Å². The van der Waals surface area contributed by atoms with E-state index in [1.807, 2.05) is 31.2 Å². The molecular weight excluding hydrogens is 338 g/mol. The number of hydrogen-bond acceptors (Lipinski definition) is 3. The zero-order valence-electron chi connectivity index (χ0n) is 14.8. The van der Waals surface area contributed by atoms with E-state index in [-0.39, 0.29) is 0 Å². The van der Waals surface area contributed by atoms with E-state index in [1.165, 1.54) is 0 Å². The van der Waals surface area contributed by atoms with Gasteiger partial charge in [0.1, 0.15) is 12.4 Å². The number of halogens is 2. The highest BCUT2D eigenvalue weighted by Crippen LogP contribution is 2.14. The lowest BCUT2D eigenvalue weighted by molar-refractivity contribution is 0.0818. The summed E-state index contributed by atoms with van der Waals surface area (Å²) in [5, 5.41) is 6.44. The van der Waals surface area contributed by atoms with Crippen molar-refractivity contribution in [3.05, 3.63) is 59.9 Å². The molecule has 0 atom stereocenters. The average molecular weight is 362 g/mol. The number of rotatable bonds is 9. The van der Waals surface area contributed by atoms with Gasteiger partial charge in [-0.25, -0.2) is 13.8 Å². The number of nitrogens with one attached hydrogen (secondary N) is 2. The Morgan fingerprint density at radius 2 is 2.08 bits per heavy atom.